The van der Waals surface area contributed by atoms with Gasteiger partial charge in [-0.05, 0) is 11.1 Å². The lowest BCUT2D eigenvalue weighted by Crippen LogP contribution is -2.44. The van der Waals surface area contributed by atoms with E-state index in [0.717, 1.165) is 16.0 Å². The molecule has 0 aliphatic carbocycles. The highest BCUT2D eigenvalue weighted by atomic mass is 16.6. The Morgan fingerprint density at radius 1 is 0.939 bits per heavy atom. The van der Waals surface area contributed by atoms with E-state index in [0.29, 0.717) is 5.69 Å². The molecule has 9 nitrogen and oxygen atoms in total. The van der Waals surface area contributed by atoms with Crippen LogP contribution in [0.2, 0.25) is 0 Å². The van der Waals surface area contributed by atoms with Crippen molar-refractivity contribution in [3.8, 4) is 0 Å². The van der Waals surface area contributed by atoms with Crippen molar-refractivity contribution < 1.29 is 28.6 Å². The Balaban J connectivity index is 1.60. The molecule has 1 amide bonds. The molecule has 0 fully saturated rings. The van der Waals surface area contributed by atoms with E-state index in [1.54, 1.807) is 0 Å². The molecule has 172 valence electrons. The Labute approximate surface area is 191 Å². The van der Waals surface area contributed by atoms with Crippen LogP contribution in [0.3, 0.4) is 0 Å². The lowest BCUT2D eigenvalue weighted by atomic mass is 10.1. The van der Waals surface area contributed by atoms with E-state index in [1.807, 2.05) is 60.7 Å². The van der Waals surface area contributed by atoms with Gasteiger partial charge in [-0.2, -0.15) is 0 Å². The van der Waals surface area contributed by atoms with Crippen LogP contribution in [0.5, 0.6) is 0 Å². The number of carbonyl (C=O) groups is 3. The number of hydrogen-bond acceptors (Lipinski definition) is 7. The first-order valence-corrected chi connectivity index (χ1v) is 10.2. The third kappa shape index (κ3) is 6.67. The van der Waals surface area contributed by atoms with Crippen molar-refractivity contribution >= 4 is 18.2 Å². The average molecular weight is 451 g/mol. The standard InChI is InChI=1S/C24H25N3O6/c1-26(23(29)32-15-18-9-5-3-6-10-18)21(22(28)31-2)13-20-14-27(17-25-20)24(30)33-16-19-11-7-4-8-12-19/h3-12,14,17,21H,13,15-16H2,1-2H3/t21-/m0/s1. The summed E-state index contributed by atoms with van der Waals surface area (Å²) in [5.41, 5.74) is 2.08. The fraction of sp³-hybridized carbons (Fsp3) is 0.250. The maximum Gasteiger partial charge on any atom is 0.419 e. The van der Waals surface area contributed by atoms with Gasteiger partial charge in [0.15, 0.2) is 0 Å². The van der Waals surface area contributed by atoms with E-state index in [1.165, 1.54) is 31.2 Å². The number of benzene rings is 2. The van der Waals surface area contributed by atoms with Crippen molar-refractivity contribution in [2.75, 3.05) is 14.2 Å². The van der Waals surface area contributed by atoms with Gasteiger partial charge >= 0.3 is 18.2 Å². The molecule has 0 spiro atoms. The summed E-state index contributed by atoms with van der Waals surface area (Å²) in [6.45, 7) is 0.188. The van der Waals surface area contributed by atoms with Crippen molar-refractivity contribution in [3.05, 3.63) is 90.0 Å². The number of carbonyl (C=O) groups excluding carboxylic acids is 3. The normalized spacial score (nSPS) is 11.3. The molecule has 9 heteroatoms. The van der Waals surface area contributed by atoms with Gasteiger partial charge in [0.25, 0.3) is 0 Å². The van der Waals surface area contributed by atoms with Crippen molar-refractivity contribution in [2.24, 2.45) is 0 Å². The van der Waals surface area contributed by atoms with Gasteiger partial charge in [0.2, 0.25) is 0 Å². The number of imidazole rings is 1. The minimum atomic E-state index is -0.984. The summed E-state index contributed by atoms with van der Waals surface area (Å²) in [5, 5.41) is 0. The number of esters is 1. The zero-order chi connectivity index (χ0) is 23.6. The first-order chi connectivity index (χ1) is 16.0. The van der Waals surface area contributed by atoms with E-state index < -0.39 is 24.2 Å². The largest absolute Gasteiger partial charge is 0.467 e. The molecule has 0 aliphatic heterocycles. The zero-order valence-electron chi connectivity index (χ0n) is 18.4. The van der Waals surface area contributed by atoms with Gasteiger partial charge in [-0.1, -0.05) is 60.7 Å². The quantitative estimate of drug-likeness (QED) is 0.382. The molecule has 0 N–H and O–H groups in total. The van der Waals surface area contributed by atoms with Crippen molar-refractivity contribution in [1.29, 1.82) is 0 Å². The smallest absolute Gasteiger partial charge is 0.419 e. The molecule has 0 unspecified atom stereocenters. The second-order valence-corrected chi connectivity index (χ2v) is 7.21. The number of rotatable bonds is 8. The fourth-order valence-corrected chi connectivity index (χ4v) is 3.02. The number of aromatic nitrogens is 2. The van der Waals surface area contributed by atoms with Gasteiger partial charge in [-0.15, -0.1) is 0 Å². The average Bonchev–Trinajstić information content (AvgIpc) is 3.33. The molecule has 2 aromatic carbocycles. The van der Waals surface area contributed by atoms with Crippen LogP contribution in [0.4, 0.5) is 9.59 Å². The molecule has 1 atom stereocenters. The van der Waals surface area contributed by atoms with Gasteiger partial charge in [0.05, 0.1) is 12.8 Å². The number of nitrogens with zero attached hydrogens (tertiary/aromatic N) is 3. The number of likely N-dealkylation sites (N-methyl/N-ethyl adjacent to an activating group) is 1. The Kier molecular flexibility index (Phi) is 8.18. The van der Waals surface area contributed by atoms with Crippen LogP contribution < -0.4 is 0 Å². The van der Waals surface area contributed by atoms with Gasteiger partial charge in [-0.25, -0.2) is 23.9 Å². The van der Waals surface area contributed by atoms with Crippen LogP contribution in [0.1, 0.15) is 16.8 Å². The maximum absolute atomic E-state index is 12.5. The topological polar surface area (TPSA) is 100.0 Å². The third-order valence-electron chi connectivity index (χ3n) is 4.89. The minimum Gasteiger partial charge on any atom is -0.467 e. The van der Waals surface area contributed by atoms with Crippen LogP contribution in [0, 0.1) is 0 Å². The van der Waals surface area contributed by atoms with Gasteiger partial charge < -0.3 is 14.2 Å². The van der Waals surface area contributed by atoms with Crippen LogP contribution in [-0.4, -0.2) is 52.8 Å². The summed E-state index contributed by atoms with van der Waals surface area (Å²) < 4.78 is 16.6. The van der Waals surface area contributed by atoms with Crippen molar-refractivity contribution in [2.45, 2.75) is 25.7 Å². The first-order valence-electron chi connectivity index (χ1n) is 10.2. The molecule has 0 aliphatic rings. The summed E-state index contributed by atoms with van der Waals surface area (Å²) in [5.74, 6) is -0.629. The van der Waals surface area contributed by atoms with Crippen LogP contribution >= 0.6 is 0 Å². The van der Waals surface area contributed by atoms with Crippen molar-refractivity contribution in [3.63, 3.8) is 0 Å². The maximum atomic E-state index is 12.5. The first kappa shape index (κ1) is 23.5. The molecule has 33 heavy (non-hydrogen) atoms. The van der Waals surface area contributed by atoms with E-state index >= 15 is 0 Å². The highest BCUT2D eigenvalue weighted by Gasteiger charge is 2.30. The molecular weight excluding hydrogens is 426 g/mol. The summed E-state index contributed by atoms with van der Waals surface area (Å²) >= 11 is 0. The molecule has 3 rings (SSSR count). The van der Waals surface area contributed by atoms with Crippen molar-refractivity contribution in [1.82, 2.24) is 14.5 Å². The molecular formula is C24H25N3O6. The monoisotopic (exact) mass is 451 g/mol. The second kappa shape index (κ2) is 11.5. The van der Waals surface area contributed by atoms with E-state index in [2.05, 4.69) is 4.98 Å². The van der Waals surface area contributed by atoms with Gasteiger partial charge in [-0.3, -0.25) is 4.90 Å². The lowest BCUT2D eigenvalue weighted by molar-refractivity contribution is -0.146. The Morgan fingerprint density at radius 3 is 2.09 bits per heavy atom. The molecule has 1 aromatic heterocycles. The molecule has 0 saturated carbocycles. The summed E-state index contributed by atoms with van der Waals surface area (Å²) in [4.78, 5) is 42.4. The van der Waals surface area contributed by atoms with E-state index in [9.17, 15) is 14.4 Å². The molecule has 0 bridgehead atoms. The SMILES string of the molecule is COC(=O)[C@H](Cc1cn(C(=O)OCc2ccccc2)cn1)N(C)C(=O)OCc1ccccc1. The molecule has 0 radical (unpaired) electrons. The molecule has 0 saturated heterocycles. The van der Waals surface area contributed by atoms with E-state index in [-0.39, 0.29) is 19.6 Å². The van der Waals surface area contributed by atoms with Crippen LogP contribution in [0.25, 0.3) is 0 Å². The number of ether oxygens (including phenoxy) is 3. The third-order valence-corrected chi connectivity index (χ3v) is 4.89. The molecule has 3 aromatic rings. The summed E-state index contributed by atoms with van der Waals surface area (Å²) in [6, 6.07) is 17.5. The zero-order valence-corrected chi connectivity index (χ0v) is 18.4. The van der Waals surface area contributed by atoms with E-state index in [4.69, 9.17) is 14.2 Å². The lowest BCUT2D eigenvalue weighted by Gasteiger charge is -2.24. The number of hydrogen-bond donors (Lipinski definition) is 0. The molecule has 1 heterocycles. The number of methoxy groups -OCH3 is 1. The number of amides is 1. The fourth-order valence-electron chi connectivity index (χ4n) is 3.02. The minimum absolute atomic E-state index is 0.0303. The Bertz CT molecular complexity index is 1070. The summed E-state index contributed by atoms with van der Waals surface area (Å²) in [6.07, 6.45) is 1.48. The predicted molar refractivity (Wildman–Crippen MR) is 118 cm³/mol. The Hall–Kier alpha value is -4.14. The predicted octanol–water partition coefficient (Wildman–Crippen LogP) is 3.42. The highest BCUT2D eigenvalue weighted by molar-refractivity contribution is 5.81. The van der Waals surface area contributed by atoms with Crippen LogP contribution in [0.15, 0.2) is 73.2 Å². The van der Waals surface area contributed by atoms with Crippen LogP contribution in [-0.2, 0) is 38.6 Å². The van der Waals surface area contributed by atoms with Gasteiger partial charge in [0.1, 0.15) is 25.6 Å². The Morgan fingerprint density at radius 2 is 1.52 bits per heavy atom. The highest BCUT2D eigenvalue weighted by Crippen LogP contribution is 2.12. The summed E-state index contributed by atoms with van der Waals surface area (Å²) in [7, 11) is 2.68. The second-order valence-electron chi connectivity index (χ2n) is 7.21. The van der Waals surface area contributed by atoms with Gasteiger partial charge in [0, 0.05) is 19.7 Å².